The lowest BCUT2D eigenvalue weighted by Crippen LogP contribution is -2.20. The molecule has 0 bridgehead atoms. The third kappa shape index (κ3) is 16.2. The fraction of sp³-hybridized carbons (Fsp3) is 0.818. The fourth-order valence-electron chi connectivity index (χ4n) is 2.52. The van der Waals surface area contributed by atoms with Crippen LogP contribution in [0.4, 0.5) is 0 Å². The number of carbonyl (C=O) groups is 4. The summed E-state index contributed by atoms with van der Waals surface area (Å²) in [6.07, 6.45) is 5.50. The van der Waals surface area contributed by atoms with Gasteiger partial charge in [0.15, 0.2) is 0 Å². The maximum Gasteiger partial charge on any atom is 0.311 e. The summed E-state index contributed by atoms with van der Waals surface area (Å²) in [6.45, 7) is 4.63. The SMILES string of the molecule is COC(=O)C(C)COC(=O)CCCCCOCCCCCC(=O)OCC(C)C(=O)OC. The van der Waals surface area contributed by atoms with Gasteiger partial charge in [0.2, 0.25) is 0 Å². The zero-order valence-electron chi connectivity index (χ0n) is 19.3. The van der Waals surface area contributed by atoms with Crippen molar-refractivity contribution in [3.63, 3.8) is 0 Å². The highest BCUT2D eigenvalue weighted by Crippen LogP contribution is 2.07. The summed E-state index contributed by atoms with van der Waals surface area (Å²) in [5.74, 6) is -2.32. The Labute approximate surface area is 185 Å². The van der Waals surface area contributed by atoms with Crippen LogP contribution in [0.3, 0.4) is 0 Å². The highest BCUT2D eigenvalue weighted by molar-refractivity contribution is 5.74. The van der Waals surface area contributed by atoms with Gasteiger partial charge in [0, 0.05) is 26.1 Å². The molecule has 0 saturated heterocycles. The van der Waals surface area contributed by atoms with E-state index >= 15 is 0 Å². The Kier molecular flexibility index (Phi) is 17.3. The molecule has 0 aromatic heterocycles. The van der Waals surface area contributed by atoms with Gasteiger partial charge in [-0.2, -0.15) is 0 Å². The maximum atomic E-state index is 11.6. The van der Waals surface area contributed by atoms with Gasteiger partial charge in [-0.05, 0) is 39.5 Å². The van der Waals surface area contributed by atoms with Crippen LogP contribution < -0.4 is 0 Å². The molecule has 0 aliphatic rings. The second-order valence-corrected chi connectivity index (χ2v) is 7.45. The lowest BCUT2D eigenvalue weighted by molar-refractivity contribution is -0.154. The number of esters is 4. The van der Waals surface area contributed by atoms with Crippen LogP contribution in [0.1, 0.15) is 65.2 Å². The second kappa shape index (κ2) is 18.6. The zero-order chi connectivity index (χ0) is 23.5. The fourth-order valence-corrected chi connectivity index (χ4v) is 2.52. The van der Waals surface area contributed by atoms with Gasteiger partial charge >= 0.3 is 23.9 Å². The number of ether oxygens (including phenoxy) is 5. The molecule has 0 aromatic carbocycles. The smallest absolute Gasteiger partial charge is 0.311 e. The van der Waals surface area contributed by atoms with Crippen LogP contribution in [-0.2, 0) is 42.9 Å². The third-order valence-corrected chi connectivity index (χ3v) is 4.53. The van der Waals surface area contributed by atoms with Crippen molar-refractivity contribution in [3.8, 4) is 0 Å². The van der Waals surface area contributed by atoms with Crippen molar-refractivity contribution in [2.24, 2.45) is 11.8 Å². The number of carbonyl (C=O) groups excluding carboxylic acids is 4. The summed E-state index contributed by atoms with van der Waals surface area (Å²) < 4.78 is 24.8. The molecule has 0 spiro atoms. The Morgan fingerprint density at radius 2 is 1.00 bits per heavy atom. The van der Waals surface area contributed by atoms with Crippen LogP contribution in [0, 0.1) is 11.8 Å². The average molecular weight is 447 g/mol. The number of rotatable bonds is 18. The quantitative estimate of drug-likeness (QED) is 0.178. The molecule has 9 nitrogen and oxygen atoms in total. The highest BCUT2D eigenvalue weighted by Gasteiger charge is 2.16. The highest BCUT2D eigenvalue weighted by atomic mass is 16.6. The van der Waals surface area contributed by atoms with Crippen molar-refractivity contribution < 1.29 is 42.9 Å². The van der Waals surface area contributed by atoms with Crippen molar-refractivity contribution in [3.05, 3.63) is 0 Å². The summed E-state index contributed by atoms with van der Waals surface area (Å²) in [6, 6.07) is 0. The normalized spacial score (nSPS) is 12.5. The molecule has 0 aromatic rings. The van der Waals surface area contributed by atoms with Crippen molar-refractivity contribution in [1.82, 2.24) is 0 Å². The summed E-state index contributed by atoms with van der Waals surface area (Å²) in [4.78, 5) is 45.6. The molecule has 2 atom stereocenters. The molecular formula is C22H38O9. The van der Waals surface area contributed by atoms with Crippen LogP contribution >= 0.6 is 0 Å². The Morgan fingerprint density at radius 1 is 0.613 bits per heavy atom. The summed E-state index contributed by atoms with van der Waals surface area (Å²) in [7, 11) is 2.60. The Balaban J connectivity index is 3.45. The number of unbranched alkanes of at least 4 members (excludes halogenated alkanes) is 4. The van der Waals surface area contributed by atoms with Crippen LogP contribution in [0.25, 0.3) is 0 Å². The van der Waals surface area contributed by atoms with Gasteiger partial charge in [0.25, 0.3) is 0 Å². The topological polar surface area (TPSA) is 114 Å². The minimum Gasteiger partial charge on any atom is -0.469 e. The zero-order valence-corrected chi connectivity index (χ0v) is 19.3. The van der Waals surface area contributed by atoms with Crippen LogP contribution in [0.5, 0.6) is 0 Å². The summed E-state index contributed by atoms with van der Waals surface area (Å²) in [5, 5.41) is 0. The maximum absolute atomic E-state index is 11.6. The first-order valence-electron chi connectivity index (χ1n) is 10.9. The van der Waals surface area contributed by atoms with Gasteiger partial charge in [-0.1, -0.05) is 12.8 Å². The molecular weight excluding hydrogens is 408 g/mol. The lowest BCUT2D eigenvalue weighted by Gasteiger charge is -2.10. The molecule has 180 valence electrons. The van der Waals surface area contributed by atoms with E-state index in [2.05, 4.69) is 9.47 Å². The third-order valence-electron chi connectivity index (χ3n) is 4.53. The number of methoxy groups -OCH3 is 2. The number of hydrogen-bond donors (Lipinski definition) is 0. The van der Waals surface area contributed by atoms with Gasteiger partial charge in [-0.25, -0.2) is 0 Å². The van der Waals surface area contributed by atoms with Crippen LogP contribution in [0.2, 0.25) is 0 Å². The van der Waals surface area contributed by atoms with Gasteiger partial charge in [-0.15, -0.1) is 0 Å². The van der Waals surface area contributed by atoms with E-state index in [-0.39, 0.29) is 25.2 Å². The van der Waals surface area contributed by atoms with Crippen molar-refractivity contribution in [2.75, 3.05) is 40.6 Å². The molecule has 0 aliphatic carbocycles. The average Bonchev–Trinajstić information content (AvgIpc) is 2.77. The van der Waals surface area contributed by atoms with Crippen LogP contribution in [0.15, 0.2) is 0 Å². The van der Waals surface area contributed by atoms with E-state index in [4.69, 9.17) is 14.2 Å². The number of hydrogen-bond acceptors (Lipinski definition) is 9. The first-order chi connectivity index (χ1) is 14.8. The predicted octanol–water partition coefficient (Wildman–Crippen LogP) is 2.83. The van der Waals surface area contributed by atoms with E-state index in [1.165, 1.54) is 14.2 Å². The summed E-state index contributed by atoms with van der Waals surface area (Å²) in [5.41, 5.74) is 0. The molecule has 0 heterocycles. The van der Waals surface area contributed by atoms with E-state index in [1.54, 1.807) is 13.8 Å². The van der Waals surface area contributed by atoms with E-state index < -0.39 is 23.8 Å². The van der Waals surface area contributed by atoms with E-state index in [0.29, 0.717) is 38.9 Å². The van der Waals surface area contributed by atoms with Gasteiger partial charge < -0.3 is 23.7 Å². The largest absolute Gasteiger partial charge is 0.469 e. The Morgan fingerprint density at radius 3 is 1.35 bits per heavy atom. The molecule has 0 radical (unpaired) electrons. The van der Waals surface area contributed by atoms with Crippen molar-refractivity contribution >= 4 is 23.9 Å². The summed E-state index contributed by atoms with van der Waals surface area (Å²) >= 11 is 0. The van der Waals surface area contributed by atoms with E-state index in [1.807, 2.05) is 0 Å². The predicted molar refractivity (Wildman–Crippen MR) is 112 cm³/mol. The van der Waals surface area contributed by atoms with Gasteiger partial charge in [0.1, 0.15) is 13.2 Å². The van der Waals surface area contributed by atoms with E-state index in [0.717, 1.165) is 25.7 Å². The Bertz CT molecular complexity index is 487. The molecule has 0 N–H and O–H groups in total. The Hall–Kier alpha value is -2.16. The first-order valence-corrected chi connectivity index (χ1v) is 10.9. The molecule has 2 unspecified atom stereocenters. The van der Waals surface area contributed by atoms with Gasteiger partial charge in [0.05, 0.1) is 26.1 Å². The second-order valence-electron chi connectivity index (χ2n) is 7.45. The molecule has 0 aliphatic heterocycles. The van der Waals surface area contributed by atoms with Crippen molar-refractivity contribution in [1.29, 1.82) is 0 Å². The molecule has 9 heteroatoms. The molecule has 0 fully saturated rings. The van der Waals surface area contributed by atoms with Gasteiger partial charge in [-0.3, -0.25) is 19.2 Å². The molecule has 0 rings (SSSR count). The minimum absolute atomic E-state index is 0.0406. The lowest BCUT2D eigenvalue weighted by atomic mass is 10.2. The molecule has 0 amide bonds. The standard InChI is InChI=1S/C22H38O9/c1-17(21(25)27-3)15-30-19(23)11-7-5-9-13-29-14-10-6-8-12-20(24)31-16-18(2)22(26)28-4/h17-18H,5-16H2,1-4H3. The van der Waals surface area contributed by atoms with Crippen molar-refractivity contribution in [2.45, 2.75) is 65.2 Å². The molecule has 0 saturated carbocycles. The monoisotopic (exact) mass is 446 g/mol. The first kappa shape index (κ1) is 28.8. The van der Waals surface area contributed by atoms with Crippen LogP contribution in [-0.4, -0.2) is 64.5 Å². The molecule has 31 heavy (non-hydrogen) atoms. The minimum atomic E-state index is -0.455. The van der Waals surface area contributed by atoms with E-state index in [9.17, 15) is 19.2 Å².